The molecule has 10 nitrogen and oxygen atoms in total. The number of benzene rings is 1. The average Bonchev–Trinajstić information content (AvgIpc) is 3.30. The summed E-state index contributed by atoms with van der Waals surface area (Å²) >= 11 is 0. The number of anilines is 1. The van der Waals surface area contributed by atoms with Gasteiger partial charge in [-0.25, -0.2) is 18.7 Å². The lowest BCUT2D eigenvalue weighted by Crippen LogP contribution is -2.41. The molecule has 4 aromatic heterocycles. The molecule has 2 saturated heterocycles. The van der Waals surface area contributed by atoms with E-state index in [9.17, 15) is 9.59 Å². The van der Waals surface area contributed by atoms with Gasteiger partial charge in [0.05, 0.1) is 22.6 Å². The highest BCUT2D eigenvalue weighted by Gasteiger charge is 2.47. The van der Waals surface area contributed by atoms with E-state index < -0.39 is 5.82 Å². The average molecular weight is 619 g/mol. The van der Waals surface area contributed by atoms with Crippen molar-refractivity contribution in [2.45, 2.75) is 51.2 Å². The van der Waals surface area contributed by atoms with Crippen molar-refractivity contribution in [3.63, 3.8) is 0 Å². The van der Waals surface area contributed by atoms with Crippen LogP contribution in [-0.4, -0.2) is 67.7 Å². The maximum Gasteiger partial charge on any atom is 0.322 e. The van der Waals surface area contributed by atoms with Gasteiger partial charge in [0, 0.05) is 61.0 Å². The molecule has 1 aromatic carbocycles. The SMILES string of the molecule is Cc1c(-c2cc3ccc(-c4ccccc4N4CCNC4=O)nc3n2CC2CC2)nn2cc(C(=O)N3CC4CCC3[C@@H]4N)cc(F)c12. The van der Waals surface area contributed by atoms with Crippen LogP contribution < -0.4 is 16.0 Å². The fourth-order valence-electron chi connectivity index (χ4n) is 7.92. The first-order valence-electron chi connectivity index (χ1n) is 16.3. The first-order valence-corrected chi connectivity index (χ1v) is 16.3. The van der Waals surface area contributed by atoms with Crippen molar-refractivity contribution in [2.75, 3.05) is 24.5 Å². The van der Waals surface area contributed by atoms with Crippen LogP contribution in [0.15, 0.2) is 54.7 Å². The fourth-order valence-corrected chi connectivity index (χ4v) is 7.92. The summed E-state index contributed by atoms with van der Waals surface area (Å²) in [5, 5.41) is 8.75. The molecule has 5 aromatic rings. The van der Waals surface area contributed by atoms with Gasteiger partial charge < -0.3 is 20.5 Å². The number of fused-ring (bicyclic) bond motifs is 4. The lowest BCUT2D eigenvalue weighted by atomic mass is 10.1. The van der Waals surface area contributed by atoms with Gasteiger partial charge in [0.15, 0.2) is 0 Å². The largest absolute Gasteiger partial charge is 0.336 e. The molecule has 2 saturated carbocycles. The molecule has 4 fully saturated rings. The van der Waals surface area contributed by atoms with E-state index in [1.165, 1.54) is 10.6 Å². The van der Waals surface area contributed by atoms with E-state index in [4.69, 9.17) is 15.8 Å². The molecular formula is C35H35FN8O2. The highest BCUT2D eigenvalue weighted by molar-refractivity contribution is 5.99. The predicted molar refractivity (Wildman–Crippen MR) is 173 cm³/mol. The Labute approximate surface area is 265 Å². The highest BCUT2D eigenvalue weighted by atomic mass is 19.1. The van der Waals surface area contributed by atoms with Crippen LogP contribution in [-0.2, 0) is 6.54 Å². The smallest absolute Gasteiger partial charge is 0.322 e. The van der Waals surface area contributed by atoms with Gasteiger partial charge in [-0.2, -0.15) is 5.10 Å². The minimum absolute atomic E-state index is 0.00760. The van der Waals surface area contributed by atoms with E-state index in [1.807, 2.05) is 42.2 Å². The lowest BCUT2D eigenvalue weighted by molar-refractivity contribution is 0.0699. The Morgan fingerprint density at radius 3 is 2.70 bits per heavy atom. The summed E-state index contributed by atoms with van der Waals surface area (Å²) < 4.78 is 19.5. The van der Waals surface area contributed by atoms with E-state index in [1.54, 1.807) is 11.1 Å². The monoisotopic (exact) mass is 618 g/mol. The Bertz CT molecular complexity index is 2080. The van der Waals surface area contributed by atoms with Crippen LogP contribution >= 0.6 is 0 Å². The number of aryl methyl sites for hydroxylation is 1. The molecule has 3 N–H and O–H groups in total. The van der Waals surface area contributed by atoms with Crippen LogP contribution in [0.4, 0.5) is 14.9 Å². The second-order valence-electron chi connectivity index (χ2n) is 13.4. The van der Waals surface area contributed by atoms with Crippen LogP contribution in [0.2, 0.25) is 0 Å². The summed E-state index contributed by atoms with van der Waals surface area (Å²) in [6, 6.07) is 15.2. The van der Waals surface area contributed by atoms with Gasteiger partial charge in [-0.3, -0.25) is 9.69 Å². The number of hydrogen-bond donors (Lipinski definition) is 2. The number of nitrogens with two attached hydrogens (primary N) is 1. The molecular weight excluding hydrogens is 583 g/mol. The third kappa shape index (κ3) is 4.17. The molecule has 6 heterocycles. The van der Waals surface area contributed by atoms with Crippen LogP contribution in [0, 0.1) is 24.6 Å². The van der Waals surface area contributed by atoms with Crippen LogP contribution in [0.5, 0.6) is 0 Å². The zero-order chi connectivity index (χ0) is 31.3. The van der Waals surface area contributed by atoms with Crippen molar-refractivity contribution in [3.8, 4) is 22.6 Å². The number of urea groups is 1. The molecule has 2 bridgehead atoms. The minimum Gasteiger partial charge on any atom is -0.336 e. The number of aromatic nitrogens is 4. The number of amides is 3. The Morgan fingerprint density at radius 2 is 1.96 bits per heavy atom. The predicted octanol–water partition coefficient (Wildman–Crippen LogP) is 4.97. The van der Waals surface area contributed by atoms with Crippen LogP contribution in [0.1, 0.15) is 41.6 Å². The highest BCUT2D eigenvalue weighted by Crippen LogP contribution is 2.40. The normalized spacial score (nSPS) is 22.5. The molecule has 2 unspecified atom stereocenters. The van der Waals surface area contributed by atoms with E-state index in [0.717, 1.165) is 65.9 Å². The zero-order valence-electron chi connectivity index (χ0n) is 25.6. The number of likely N-dealkylation sites (tertiary alicyclic amines) is 1. The van der Waals surface area contributed by atoms with E-state index in [2.05, 4.69) is 22.0 Å². The number of hydrogen-bond acceptors (Lipinski definition) is 5. The summed E-state index contributed by atoms with van der Waals surface area (Å²) in [5.41, 5.74) is 12.6. The quantitative estimate of drug-likeness (QED) is 0.279. The fraction of sp³-hybridized carbons (Fsp3) is 0.371. The second-order valence-corrected chi connectivity index (χ2v) is 13.4. The van der Waals surface area contributed by atoms with Crippen LogP contribution in [0.25, 0.3) is 39.2 Å². The number of piperidine rings is 1. The Balaban J connectivity index is 1.14. The minimum atomic E-state index is -0.469. The molecule has 0 radical (unpaired) electrons. The maximum atomic E-state index is 15.8. The molecule has 0 spiro atoms. The molecule has 3 amide bonds. The Hall–Kier alpha value is -4.77. The third-order valence-corrected chi connectivity index (χ3v) is 10.5. The van der Waals surface area contributed by atoms with E-state index >= 15 is 4.39 Å². The van der Waals surface area contributed by atoms with Gasteiger partial charge in [-0.05, 0) is 74.8 Å². The van der Waals surface area contributed by atoms with Gasteiger partial charge >= 0.3 is 6.03 Å². The van der Waals surface area contributed by atoms with E-state index in [-0.39, 0.29) is 29.6 Å². The first kappa shape index (κ1) is 27.5. The molecule has 2 aliphatic heterocycles. The summed E-state index contributed by atoms with van der Waals surface area (Å²) in [6.07, 6.45) is 5.90. The number of nitrogens with zero attached hydrogens (tertiary/aromatic N) is 6. The number of nitrogens with one attached hydrogen (secondary N) is 1. The molecule has 4 aliphatic rings. The molecule has 9 rings (SSSR count). The Kier molecular flexibility index (Phi) is 6.06. The summed E-state index contributed by atoms with van der Waals surface area (Å²) in [7, 11) is 0. The molecule has 46 heavy (non-hydrogen) atoms. The van der Waals surface area contributed by atoms with Gasteiger partial charge in [0.1, 0.15) is 22.7 Å². The zero-order valence-corrected chi connectivity index (χ0v) is 25.6. The van der Waals surface area contributed by atoms with Crippen LogP contribution in [0.3, 0.4) is 0 Å². The van der Waals surface area contributed by atoms with Gasteiger partial charge in [0.25, 0.3) is 5.91 Å². The van der Waals surface area contributed by atoms with Gasteiger partial charge in [-0.15, -0.1) is 0 Å². The number of pyridine rings is 2. The first-order chi connectivity index (χ1) is 22.4. The topological polar surface area (TPSA) is 114 Å². The number of carbonyl (C=O) groups is 2. The van der Waals surface area contributed by atoms with Crippen molar-refractivity contribution in [2.24, 2.45) is 17.6 Å². The number of carbonyl (C=O) groups excluding carboxylic acids is 2. The molecule has 11 heteroatoms. The second kappa shape index (κ2) is 10.1. The summed E-state index contributed by atoms with van der Waals surface area (Å²) in [6.45, 7) is 4.50. The third-order valence-electron chi connectivity index (χ3n) is 10.5. The molecule has 3 atom stereocenters. The molecule has 2 aliphatic carbocycles. The van der Waals surface area contributed by atoms with Crippen molar-refractivity contribution >= 4 is 34.2 Å². The lowest BCUT2D eigenvalue weighted by Gasteiger charge is -2.27. The molecule has 234 valence electrons. The van der Waals surface area contributed by atoms with Gasteiger partial charge in [0.2, 0.25) is 0 Å². The van der Waals surface area contributed by atoms with Gasteiger partial charge in [-0.1, -0.05) is 18.2 Å². The summed E-state index contributed by atoms with van der Waals surface area (Å²) in [5.74, 6) is 0.200. The van der Waals surface area contributed by atoms with Crippen molar-refractivity contribution in [1.29, 1.82) is 0 Å². The standard InChI is InChI=1S/C35H35FN8O2/c1-19-31(40-44-18-23(14-25(36)32(19)44)34(45)43-17-22-9-11-28(43)30(22)37)29-15-21-8-10-26(39-33(21)42(29)16-20-6-7-20)24-4-2-3-5-27(24)41-13-12-38-35(41)46/h2-5,8,10,14-15,18,20,22,28,30H,6-7,9,11-13,16-17,37H2,1H3,(H,38,46)/t22?,28?,30-/m1/s1. The van der Waals surface area contributed by atoms with Crippen molar-refractivity contribution < 1.29 is 14.0 Å². The number of halogens is 1. The van der Waals surface area contributed by atoms with Crippen molar-refractivity contribution in [1.82, 2.24) is 29.4 Å². The number of rotatable bonds is 6. The van der Waals surface area contributed by atoms with Crippen molar-refractivity contribution in [3.05, 3.63) is 71.7 Å². The number of para-hydroxylation sites is 1. The van der Waals surface area contributed by atoms with E-state index in [0.29, 0.717) is 48.2 Å². The summed E-state index contributed by atoms with van der Waals surface area (Å²) in [4.78, 5) is 34.8. The maximum absolute atomic E-state index is 15.8. The Morgan fingerprint density at radius 1 is 1.11 bits per heavy atom.